The maximum atomic E-state index is 13.6. The highest BCUT2D eigenvalue weighted by Gasteiger charge is 2.34. The highest BCUT2D eigenvalue weighted by molar-refractivity contribution is 5.99. The van der Waals surface area contributed by atoms with Gasteiger partial charge in [-0.2, -0.15) is 0 Å². The lowest BCUT2D eigenvalue weighted by atomic mass is 9.98. The zero-order valence-electron chi connectivity index (χ0n) is 21.9. The Hall–Kier alpha value is -3.55. The van der Waals surface area contributed by atoms with E-state index in [-0.39, 0.29) is 12.5 Å². The summed E-state index contributed by atoms with van der Waals surface area (Å²) in [6, 6.07) is 11.0. The molecule has 0 aliphatic carbocycles. The lowest BCUT2D eigenvalue weighted by molar-refractivity contribution is -0.140. The minimum absolute atomic E-state index is 0.257. The van der Waals surface area contributed by atoms with Crippen molar-refractivity contribution in [3.05, 3.63) is 59.2 Å². The van der Waals surface area contributed by atoms with Crippen LogP contribution >= 0.6 is 0 Å². The van der Waals surface area contributed by atoms with E-state index < -0.39 is 29.7 Å². The summed E-state index contributed by atoms with van der Waals surface area (Å²) in [6.07, 6.45) is -0.694. The lowest BCUT2D eigenvalue weighted by Gasteiger charge is -2.33. The molecule has 2 aromatic rings. The SMILES string of the molecule is CCN(C(=O)C(C)NC(=O)OC(C)(C)C)C(C(=O)Nc1ccc(OC)cc1)c1cc(C)cc(C)c1. The van der Waals surface area contributed by atoms with Gasteiger partial charge in [-0.3, -0.25) is 9.59 Å². The molecule has 2 atom stereocenters. The Kier molecular flexibility index (Phi) is 9.28. The molecule has 0 fully saturated rings. The Balaban J connectivity index is 2.37. The van der Waals surface area contributed by atoms with Crippen molar-refractivity contribution in [1.29, 1.82) is 0 Å². The van der Waals surface area contributed by atoms with E-state index in [0.717, 1.165) is 11.1 Å². The van der Waals surface area contributed by atoms with Crippen molar-refractivity contribution >= 4 is 23.6 Å². The number of likely N-dealkylation sites (N-methyl/N-ethyl adjacent to an activating group) is 1. The number of hydrogen-bond acceptors (Lipinski definition) is 5. The van der Waals surface area contributed by atoms with Crippen molar-refractivity contribution in [2.75, 3.05) is 19.0 Å². The first-order valence-electron chi connectivity index (χ1n) is 11.7. The summed E-state index contributed by atoms with van der Waals surface area (Å²) in [7, 11) is 1.57. The molecule has 0 saturated heterocycles. The van der Waals surface area contributed by atoms with E-state index in [9.17, 15) is 14.4 Å². The number of alkyl carbamates (subject to hydrolysis) is 1. The molecule has 0 bridgehead atoms. The van der Waals surface area contributed by atoms with Gasteiger partial charge in [0, 0.05) is 12.2 Å². The van der Waals surface area contributed by atoms with E-state index in [1.165, 1.54) is 4.90 Å². The number of anilines is 1. The van der Waals surface area contributed by atoms with E-state index in [1.54, 1.807) is 66.0 Å². The van der Waals surface area contributed by atoms with E-state index >= 15 is 0 Å². The number of nitrogens with zero attached hydrogens (tertiary/aromatic N) is 1. The molecule has 0 aliphatic heterocycles. The van der Waals surface area contributed by atoms with E-state index in [4.69, 9.17) is 9.47 Å². The molecular weight excluding hydrogens is 446 g/mol. The van der Waals surface area contributed by atoms with Crippen molar-refractivity contribution in [1.82, 2.24) is 10.2 Å². The molecule has 35 heavy (non-hydrogen) atoms. The summed E-state index contributed by atoms with van der Waals surface area (Å²) in [5, 5.41) is 5.49. The van der Waals surface area contributed by atoms with Crippen LogP contribution in [0, 0.1) is 13.8 Å². The molecule has 0 spiro atoms. The zero-order chi connectivity index (χ0) is 26.3. The average molecular weight is 484 g/mol. The molecule has 2 unspecified atom stereocenters. The van der Waals surface area contributed by atoms with Crippen LogP contribution < -0.4 is 15.4 Å². The van der Waals surface area contributed by atoms with Gasteiger partial charge in [0.15, 0.2) is 0 Å². The molecule has 190 valence electrons. The molecular formula is C27H37N3O5. The summed E-state index contributed by atoms with van der Waals surface area (Å²) < 4.78 is 10.5. The minimum Gasteiger partial charge on any atom is -0.497 e. The quantitative estimate of drug-likeness (QED) is 0.565. The van der Waals surface area contributed by atoms with Gasteiger partial charge in [0.05, 0.1) is 7.11 Å². The van der Waals surface area contributed by atoms with Crippen molar-refractivity contribution in [3.63, 3.8) is 0 Å². The third kappa shape index (κ3) is 8.02. The average Bonchev–Trinajstić information content (AvgIpc) is 2.75. The topological polar surface area (TPSA) is 97.0 Å². The molecule has 3 amide bonds. The normalized spacial score (nSPS) is 12.8. The van der Waals surface area contributed by atoms with Crippen LogP contribution in [-0.2, 0) is 14.3 Å². The fourth-order valence-electron chi connectivity index (χ4n) is 3.79. The number of carbonyl (C=O) groups is 3. The molecule has 2 aromatic carbocycles. The zero-order valence-corrected chi connectivity index (χ0v) is 21.9. The fourth-order valence-corrected chi connectivity index (χ4v) is 3.79. The Morgan fingerprint density at radius 1 is 1.00 bits per heavy atom. The Bertz CT molecular complexity index is 1020. The van der Waals surface area contributed by atoms with E-state index in [1.807, 2.05) is 32.0 Å². The predicted octanol–water partition coefficient (Wildman–Crippen LogP) is 4.75. The van der Waals surface area contributed by atoms with Crippen LogP contribution in [0.3, 0.4) is 0 Å². The van der Waals surface area contributed by atoms with Gasteiger partial charge in [0.25, 0.3) is 5.91 Å². The highest BCUT2D eigenvalue weighted by atomic mass is 16.6. The molecule has 0 aromatic heterocycles. The van der Waals surface area contributed by atoms with Gasteiger partial charge in [0.2, 0.25) is 5.91 Å². The third-order valence-electron chi connectivity index (χ3n) is 5.20. The van der Waals surface area contributed by atoms with Crippen LogP contribution in [0.1, 0.15) is 57.4 Å². The second kappa shape index (κ2) is 11.7. The first-order chi connectivity index (χ1) is 16.3. The molecule has 0 radical (unpaired) electrons. The lowest BCUT2D eigenvalue weighted by Crippen LogP contribution is -2.51. The molecule has 8 heteroatoms. The van der Waals surface area contributed by atoms with Gasteiger partial charge in [-0.15, -0.1) is 0 Å². The fraction of sp³-hybridized carbons (Fsp3) is 0.444. The van der Waals surface area contributed by atoms with Crippen LogP contribution in [0.15, 0.2) is 42.5 Å². The first kappa shape index (κ1) is 27.7. The summed E-state index contributed by atoms with van der Waals surface area (Å²) >= 11 is 0. The first-order valence-corrected chi connectivity index (χ1v) is 11.7. The number of benzene rings is 2. The number of rotatable bonds is 8. The summed E-state index contributed by atoms with van der Waals surface area (Å²) in [6.45, 7) is 12.8. The Morgan fingerprint density at radius 3 is 2.06 bits per heavy atom. The van der Waals surface area contributed by atoms with Crippen LogP contribution in [0.25, 0.3) is 0 Å². The van der Waals surface area contributed by atoms with Gasteiger partial charge in [-0.25, -0.2) is 4.79 Å². The summed E-state index contributed by atoms with van der Waals surface area (Å²) in [5.74, 6) is -0.0894. The Labute approximate surface area is 208 Å². The second-order valence-corrected chi connectivity index (χ2v) is 9.53. The second-order valence-electron chi connectivity index (χ2n) is 9.53. The molecule has 2 N–H and O–H groups in total. The number of amides is 3. The monoisotopic (exact) mass is 483 g/mol. The standard InChI is InChI=1S/C27H37N3O5/c1-9-30(25(32)19(4)28-26(33)35-27(5,6)7)23(20-15-17(2)14-18(3)16-20)24(31)29-21-10-12-22(34-8)13-11-21/h10-16,19,23H,9H2,1-8H3,(H,28,33)(H,29,31). The summed E-state index contributed by atoms with van der Waals surface area (Å²) in [5.41, 5.74) is 2.52. The van der Waals surface area contributed by atoms with Gasteiger partial charge >= 0.3 is 6.09 Å². The number of carbonyl (C=O) groups excluding carboxylic acids is 3. The van der Waals surface area contributed by atoms with Crippen molar-refractivity contribution in [2.45, 2.75) is 66.2 Å². The largest absolute Gasteiger partial charge is 0.497 e. The molecule has 2 rings (SSSR count). The third-order valence-corrected chi connectivity index (χ3v) is 5.20. The minimum atomic E-state index is -0.906. The number of nitrogens with one attached hydrogen (secondary N) is 2. The van der Waals surface area contributed by atoms with Crippen LogP contribution in [0.5, 0.6) is 5.75 Å². The van der Waals surface area contributed by atoms with Gasteiger partial charge in [-0.1, -0.05) is 29.3 Å². The van der Waals surface area contributed by atoms with Crippen molar-refractivity contribution < 1.29 is 23.9 Å². The number of ether oxygens (including phenoxy) is 2. The predicted molar refractivity (Wildman–Crippen MR) is 136 cm³/mol. The van der Waals surface area contributed by atoms with Gasteiger partial charge in [-0.05, 0) is 78.3 Å². The van der Waals surface area contributed by atoms with Crippen molar-refractivity contribution in [3.8, 4) is 5.75 Å². The van der Waals surface area contributed by atoms with Gasteiger partial charge < -0.3 is 25.0 Å². The van der Waals surface area contributed by atoms with Crippen LogP contribution in [0.2, 0.25) is 0 Å². The molecule has 0 aliphatic rings. The van der Waals surface area contributed by atoms with Gasteiger partial charge in [0.1, 0.15) is 23.4 Å². The molecule has 0 saturated carbocycles. The van der Waals surface area contributed by atoms with Crippen LogP contribution in [-0.4, -0.2) is 48.1 Å². The van der Waals surface area contributed by atoms with E-state index in [2.05, 4.69) is 10.6 Å². The highest BCUT2D eigenvalue weighted by Crippen LogP contribution is 2.26. The van der Waals surface area contributed by atoms with Crippen LogP contribution in [0.4, 0.5) is 10.5 Å². The smallest absolute Gasteiger partial charge is 0.408 e. The number of aryl methyl sites for hydroxylation is 2. The maximum absolute atomic E-state index is 13.6. The summed E-state index contributed by atoms with van der Waals surface area (Å²) in [4.78, 5) is 40.8. The Morgan fingerprint density at radius 2 is 1.57 bits per heavy atom. The molecule has 0 heterocycles. The van der Waals surface area contributed by atoms with Crippen molar-refractivity contribution in [2.24, 2.45) is 0 Å². The van der Waals surface area contributed by atoms with E-state index in [0.29, 0.717) is 17.0 Å². The maximum Gasteiger partial charge on any atom is 0.408 e. The number of methoxy groups -OCH3 is 1. The number of hydrogen-bond donors (Lipinski definition) is 2. The molecule has 8 nitrogen and oxygen atoms in total.